The predicted octanol–water partition coefficient (Wildman–Crippen LogP) is 4.58. The number of hydrogen-bond donors (Lipinski definition) is 0. The fourth-order valence-corrected chi connectivity index (χ4v) is 3.34. The van der Waals surface area contributed by atoms with Crippen LogP contribution in [0.5, 0.6) is 0 Å². The first-order valence-corrected chi connectivity index (χ1v) is 9.14. The lowest BCUT2D eigenvalue weighted by molar-refractivity contribution is 1.35. The highest BCUT2D eigenvalue weighted by molar-refractivity contribution is 6.81. The van der Waals surface area contributed by atoms with Gasteiger partial charge in [-0.2, -0.15) is 0 Å². The normalized spacial score (nSPS) is 13.1. The van der Waals surface area contributed by atoms with Crippen molar-refractivity contribution in [2.45, 2.75) is 40.4 Å². The van der Waals surface area contributed by atoms with Gasteiger partial charge >= 0.3 is 0 Å². The molecule has 0 radical (unpaired) electrons. The first kappa shape index (κ1) is 12.2. The Kier molecular flexibility index (Phi) is 3.56. The molecule has 0 aromatic heterocycles. The molecule has 0 N–H and O–H groups in total. The Morgan fingerprint density at radius 2 is 1.73 bits per heavy atom. The summed E-state index contributed by atoms with van der Waals surface area (Å²) in [5, 5.41) is 0. The zero-order chi connectivity index (χ0) is 11.6. The van der Waals surface area contributed by atoms with Gasteiger partial charge in [0.1, 0.15) is 0 Å². The number of rotatable bonds is 2. The van der Waals surface area contributed by atoms with Crippen LogP contribution in [-0.2, 0) is 0 Å². The quantitative estimate of drug-likeness (QED) is 0.637. The van der Waals surface area contributed by atoms with Crippen LogP contribution in [0, 0.1) is 13.8 Å². The Morgan fingerprint density at radius 1 is 1.13 bits per heavy atom. The van der Waals surface area contributed by atoms with E-state index < -0.39 is 8.07 Å². The number of hydrogen-bond acceptors (Lipinski definition) is 0. The van der Waals surface area contributed by atoms with Gasteiger partial charge in [0, 0.05) is 0 Å². The lowest BCUT2D eigenvalue weighted by Crippen LogP contribution is -2.16. The van der Waals surface area contributed by atoms with Crippen LogP contribution >= 0.6 is 0 Å². The van der Waals surface area contributed by atoms with Crippen molar-refractivity contribution in [3.8, 4) is 0 Å². The van der Waals surface area contributed by atoms with E-state index in [0.29, 0.717) is 0 Å². The van der Waals surface area contributed by atoms with Gasteiger partial charge in [0.25, 0.3) is 0 Å². The third-order valence-corrected chi connectivity index (χ3v) is 3.77. The summed E-state index contributed by atoms with van der Waals surface area (Å²) in [5.74, 6) is 0. The summed E-state index contributed by atoms with van der Waals surface area (Å²) in [7, 11) is -1.11. The van der Waals surface area contributed by atoms with E-state index in [-0.39, 0.29) is 0 Å². The highest BCUT2D eigenvalue weighted by atomic mass is 28.3. The third kappa shape index (κ3) is 3.67. The molecule has 0 fully saturated rings. The van der Waals surface area contributed by atoms with Crippen LogP contribution in [0.4, 0.5) is 0 Å². The van der Waals surface area contributed by atoms with Gasteiger partial charge in [-0.15, -0.1) is 0 Å². The maximum absolute atomic E-state index is 2.48. The molecule has 82 valence electrons. The molecule has 1 heteroatoms. The average Bonchev–Trinajstić information content (AvgIpc) is 2.06. The summed E-state index contributed by atoms with van der Waals surface area (Å²) in [4.78, 5) is 0. The molecule has 15 heavy (non-hydrogen) atoms. The molecule has 0 amide bonds. The molecule has 0 aliphatic rings. The van der Waals surface area contributed by atoms with Crippen molar-refractivity contribution in [2.24, 2.45) is 0 Å². The molecule has 1 rings (SSSR count). The summed E-state index contributed by atoms with van der Waals surface area (Å²) in [6.45, 7) is 13.7. The molecular weight excluding hydrogens is 196 g/mol. The van der Waals surface area contributed by atoms with Crippen molar-refractivity contribution in [3.63, 3.8) is 0 Å². The fourth-order valence-electron chi connectivity index (χ4n) is 1.89. The molecular formula is C14H22Si. The van der Waals surface area contributed by atoms with Crippen LogP contribution in [0.15, 0.2) is 23.9 Å². The van der Waals surface area contributed by atoms with Gasteiger partial charge in [-0.1, -0.05) is 54.7 Å². The van der Waals surface area contributed by atoms with Crippen LogP contribution in [0.1, 0.15) is 23.6 Å². The molecule has 0 spiro atoms. The largest absolute Gasteiger partial charge is 0.0915 e. The Balaban J connectivity index is 3.16. The first-order valence-electron chi connectivity index (χ1n) is 5.57. The van der Waals surface area contributed by atoms with Crippen molar-refractivity contribution >= 4 is 13.6 Å². The molecule has 0 nitrogen and oxygen atoms in total. The smallest absolute Gasteiger partial charge is 0.0690 e. The van der Waals surface area contributed by atoms with Crippen LogP contribution < -0.4 is 0 Å². The Hall–Kier alpha value is -0.823. The van der Waals surface area contributed by atoms with Crippen molar-refractivity contribution in [1.82, 2.24) is 0 Å². The molecule has 0 unspecified atom stereocenters. The van der Waals surface area contributed by atoms with E-state index in [2.05, 4.69) is 64.3 Å². The second-order valence-corrected chi connectivity index (χ2v) is 10.5. The van der Waals surface area contributed by atoms with Crippen LogP contribution in [0.3, 0.4) is 0 Å². The Labute approximate surface area is 95.0 Å². The third-order valence-electron chi connectivity index (χ3n) is 2.47. The highest BCUT2D eigenvalue weighted by Crippen LogP contribution is 2.22. The van der Waals surface area contributed by atoms with Crippen molar-refractivity contribution < 1.29 is 0 Å². The average molecular weight is 218 g/mol. The van der Waals surface area contributed by atoms with E-state index in [9.17, 15) is 0 Å². The second kappa shape index (κ2) is 4.36. The predicted molar refractivity (Wildman–Crippen MR) is 72.9 cm³/mol. The van der Waals surface area contributed by atoms with Crippen molar-refractivity contribution in [1.29, 1.82) is 0 Å². The highest BCUT2D eigenvalue weighted by Gasteiger charge is 2.10. The van der Waals surface area contributed by atoms with Gasteiger partial charge in [0.2, 0.25) is 0 Å². The topological polar surface area (TPSA) is 0 Å². The molecule has 0 heterocycles. The number of aryl methyl sites for hydroxylation is 2. The Morgan fingerprint density at radius 3 is 2.27 bits per heavy atom. The molecule has 0 bridgehead atoms. The fraction of sp³-hybridized carbons (Fsp3) is 0.429. The molecule has 0 saturated carbocycles. The standard InChI is InChI=1S/C14H22Si/c1-11-7-8-12(2)14(9-11)13(3)10-15(4,5)6/h7-10H,1-6H3. The Bertz CT molecular complexity index is 381. The molecule has 1 aromatic carbocycles. The van der Waals surface area contributed by atoms with Gasteiger partial charge in [0.05, 0.1) is 8.07 Å². The molecule has 0 saturated heterocycles. The lowest BCUT2D eigenvalue weighted by atomic mass is 10.0. The summed E-state index contributed by atoms with van der Waals surface area (Å²) >= 11 is 0. The lowest BCUT2D eigenvalue weighted by Gasteiger charge is -2.14. The number of benzene rings is 1. The summed E-state index contributed by atoms with van der Waals surface area (Å²) in [6, 6.07) is 6.69. The van der Waals surface area contributed by atoms with Crippen molar-refractivity contribution in [3.05, 3.63) is 40.6 Å². The monoisotopic (exact) mass is 218 g/mol. The van der Waals surface area contributed by atoms with E-state index in [1.54, 1.807) is 0 Å². The maximum Gasteiger partial charge on any atom is 0.0690 e. The molecule has 1 aromatic rings. The molecule has 0 aliphatic carbocycles. The van der Waals surface area contributed by atoms with E-state index in [1.165, 1.54) is 22.3 Å². The molecule has 0 aliphatic heterocycles. The minimum Gasteiger partial charge on any atom is -0.0915 e. The zero-order valence-corrected chi connectivity index (χ0v) is 11.8. The van der Waals surface area contributed by atoms with Crippen LogP contribution in [0.25, 0.3) is 5.57 Å². The summed E-state index contributed by atoms with van der Waals surface area (Å²) < 4.78 is 0. The van der Waals surface area contributed by atoms with Gasteiger partial charge in [-0.05, 0) is 31.9 Å². The maximum atomic E-state index is 2.48. The van der Waals surface area contributed by atoms with E-state index >= 15 is 0 Å². The van der Waals surface area contributed by atoms with Gasteiger partial charge < -0.3 is 0 Å². The van der Waals surface area contributed by atoms with E-state index in [1.807, 2.05) is 0 Å². The minimum absolute atomic E-state index is 1.11. The van der Waals surface area contributed by atoms with Gasteiger partial charge in [-0.3, -0.25) is 0 Å². The van der Waals surface area contributed by atoms with Gasteiger partial charge in [0.15, 0.2) is 0 Å². The SMILES string of the molecule is CC(=C[Si](C)(C)C)c1cc(C)ccc1C. The van der Waals surface area contributed by atoms with E-state index in [0.717, 1.165) is 0 Å². The minimum atomic E-state index is -1.11. The van der Waals surface area contributed by atoms with Crippen LogP contribution in [0.2, 0.25) is 19.6 Å². The van der Waals surface area contributed by atoms with Crippen molar-refractivity contribution in [2.75, 3.05) is 0 Å². The first-order chi connectivity index (χ1) is 6.79. The molecule has 0 atom stereocenters. The summed E-state index contributed by atoms with van der Waals surface area (Å²) in [6.07, 6.45) is 0. The number of allylic oxidation sites excluding steroid dienone is 1. The van der Waals surface area contributed by atoms with Crippen LogP contribution in [-0.4, -0.2) is 8.07 Å². The summed E-state index contributed by atoms with van der Waals surface area (Å²) in [5.41, 5.74) is 8.06. The second-order valence-electron chi connectivity index (χ2n) is 5.51. The van der Waals surface area contributed by atoms with E-state index in [4.69, 9.17) is 0 Å². The van der Waals surface area contributed by atoms with Gasteiger partial charge in [-0.25, -0.2) is 0 Å². The zero-order valence-electron chi connectivity index (χ0n) is 10.8.